The molecule has 8 nitrogen and oxygen atoms in total. The van der Waals surface area contributed by atoms with Crippen LogP contribution in [-0.2, 0) is 11.3 Å². The first-order chi connectivity index (χ1) is 15.9. The van der Waals surface area contributed by atoms with E-state index in [-0.39, 0.29) is 17.7 Å². The predicted octanol–water partition coefficient (Wildman–Crippen LogP) is 3.16. The first kappa shape index (κ1) is 20.3. The number of benzene rings is 2. The quantitative estimate of drug-likeness (QED) is 0.358. The molecule has 162 valence electrons. The maximum atomic E-state index is 12.6. The molecule has 0 saturated heterocycles. The van der Waals surface area contributed by atoms with Crippen molar-refractivity contribution in [3.05, 3.63) is 111 Å². The first-order valence-corrected chi connectivity index (χ1v) is 10.2. The SMILES string of the molecule is Cc1ccc2nc(COC(=O)c3ccc(N4C(=O)c5ccccc5C4=O)cc3)cc(=O)n2c1. The number of aryl methyl sites for hydroxylation is 1. The summed E-state index contributed by atoms with van der Waals surface area (Å²) in [5, 5.41) is 0. The Kier molecular flexibility index (Phi) is 4.82. The van der Waals surface area contributed by atoms with Gasteiger partial charge in [-0.25, -0.2) is 14.7 Å². The van der Waals surface area contributed by atoms with Crippen molar-refractivity contribution in [3.63, 3.8) is 0 Å². The number of imide groups is 1. The molecule has 1 aliphatic heterocycles. The molecule has 4 aromatic rings. The summed E-state index contributed by atoms with van der Waals surface area (Å²) in [6, 6.07) is 17.5. The van der Waals surface area contributed by atoms with E-state index >= 15 is 0 Å². The molecule has 1 aliphatic rings. The molecule has 0 spiro atoms. The van der Waals surface area contributed by atoms with E-state index in [2.05, 4.69) is 4.98 Å². The van der Waals surface area contributed by atoms with Crippen molar-refractivity contribution < 1.29 is 19.1 Å². The molecule has 5 rings (SSSR count). The maximum absolute atomic E-state index is 12.6. The number of aromatic nitrogens is 2. The summed E-state index contributed by atoms with van der Waals surface area (Å²) in [6.07, 6.45) is 1.69. The zero-order chi connectivity index (χ0) is 23.1. The lowest BCUT2D eigenvalue weighted by Gasteiger charge is -2.14. The second-order valence-corrected chi connectivity index (χ2v) is 7.63. The van der Waals surface area contributed by atoms with E-state index in [0.717, 1.165) is 10.5 Å². The smallest absolute Gasteiger partial charge is 0.338 e. The Morgan fingerprint density at radius 3 is 2.24 bits per heavy atom. The van der Waals surface area contributed by atoms with E-state index in [9.17, 15) is 19.2 Å². The highest BCUT2D eigenvalue weighted by Gasteiger charge is 2.36. The van der Waals surface area contributed by atoms with E-state index in [1.165, 1.54) is 34.7 Å². The number of ether oxygens (including phenoxy) is 1. The number of hydrogen-bond donors (Lipinski definition) is 0. The molecular formula is C25H17N3O5. The van der Waals surface area contributed by atoms with Crippen LogP contribution in [0.5, 0.6) is 0 Å². The van der Waals surface area contributed by atoms with Crippen molar-refractivity contribution in [1.29, 1.82) is 0 Å². The summed E-state index contributed by atoms with van der Waals surface area (Å²) in [5.41, 5.74) is 2.75. The van der Waals surface area contributed by atoms with Crippen LogP contribution >= 0.6 is 0 Å². The van der Waals surface area contributed by atoms with Crippen molar-refractivity contribution >= 4 is 29.1 Å². The monoisotopic (exact) mass is 439 g/mol. The largest absolute Gasteiger partial charge is 0.456 e. The minimum Gasteiger partial charge on any atom is -0.456 e. The number of pyridine rings is 1. The number of carbonyl (C=O) groups is 3. The Balaban J connectivity index is 1.30. The highest BCUT2D eigenvalue weighted by Crippen LogP contribution is 2.28. The van der Waals surface area contributed by atoms with Gasteiger partial charge < -0.3 is 4.74 Å². The fraction of sp³-hybridized carbons (Fsp3) is 0.0800. The molecule has 0 bridgehead atoms. The summed E-state index contributed by atoms with van der Waals surface area (Å²) in [5.74, 6) is -1.43. The Hall–Kier alpha value is -4.59. The third kappa shape index (κ3) is 3.57. The zero-order valence-electron chi connectivity index (χ0n) is 17.5. The van der Waals surface area contributed by atoms with Gasteiger partial charge in [0.25, 0.3) is 17.4 Å². The Morgan fingerprint density at radius 2 is 1.58 bits per heavy atom. The number of esters is 1. The van der Waals surface area contributed by atoms with Crippen LogP contribution in [-0.4, -0.2) is 27.2 Å². The molecule has 0 aliphatic carbocycles. The minimum atomic E-state index is -0.616. The standard InChI is InChI=1S/C25H17N3O5/c1-15-6-11-21-26-17(12-22(29)27(21)13-15)14-33-25(32)16-7-9-18(10-8-16)28-23(30)19-4-2-3-5-20(19)24(28)31/h2-13H,14H2,1H3. The van der Waals surface area contributed by atoms with Crippen LogP contribution in [0, 0.1) is 6.92 Å². The van der Waals surface area contributed by atoms with Gasteiger partial charge >= 0.3 is 5.97 Å². The van der Waals surface area contributed by atoms with Crippen LogP contribution in [0.2, 0.25) is 0 Å². The Labute approximate surface area is 187 Å². The van der Waals surface area contributed by atoms with Gasteiger partial charge in [-0.05, 0) is 55.0 Å². The zero-order valence-corrected chi connectivity index (χ0v) is 17.5. The number of fused-ring (bicyclic) bond motifs is 2. The lowest BCUT2D eigenvalue weighted by molar-refractivity contribution is 0.0467. The van der Waals surface area contributed by atoms with Crippen LogP contribution in [0.25, 0.3) is 5.65 Å². The predicted molar refractivity (Wildman–Crippen MR) is 119 cm³/mol. The first-order valence-electron chi connectivity index (χ1n) is 10.2. The molecule has 0 fully saturated rings. The Bertz CT molecular complexity index is 1470. The van der Waals surface area contributed by atoms with E-state index in [1.807, 2.05) is 13.0 Å². The van der Waals surface area contributed by atoms with Crippen LogP contribution in [0.1, 0.15) is 42.3 Å². The van der Waals surface area contributed by atoms with Crippen LogP contribution in [0.3, 0.4) is 0 Å². The second kappa shape index (κ2) is 7.83. The number of rotatable bonds is 4. The van der Waals surface area contributed by atoms with Crippen LogP contribution < -0.4 is 10.5 Å². The van der Waals surface area contributed by atoms with Gasteiger partial charge in [-0.1, -0.05) is 18.2 Å². The van der Waals surface area contributed by atoms with E-state index < -0.39 is 17.8 Å². The van der Waals surface area contributed by atoms with Gasteiger partial charge in [-0.2, -0.15) is 0 Å². The number of anilines is 1. The highest BCUT2D eigenvalue weighted by molar-refractivity contribution is 6.34. The van der Waals surface area contributed by atoms with Gasteiger partial charge in [0.1, 0.15) is 12.3 Å². The minimum absolute atomic E-state index is 0.168. The van der Waals surface area contributed by atoms with E-state index in [1.54, 1.807) is 36.5 Å². The van der Waals surface area contributed by atoms with Crippen molar-refractivity contribution in [2.75, 3.05) is 4.90 Å². The van der Waals surface area contributed by atoms with Crippen molar-refractivity contribution in [2.45, 2.75) is 13.5 Å². The van der Waals surface area contributed by atoms with Crippen molar-refractivity contribution in [2.24, 2.45) is 0 Å². The number of nitrogens with zero attached hydrogens (tertiary/aromatic N) is 3. The molecule has 2 aromatic heterocycles. The average molecular weight is 439 g/mol. The lowest BCUT2D eigenvalue weighted by Crippen LogP contribution is -2.29. The van der Waals surface area contributed by atoms with Crippen LogP contribution in [0.4, 0.5) is 5.69 Å². The number of amides is 2. The van der Waals surface area contributed by atoms with Gasteiger partial charge in [0.05, 0.1) is 28.1 Å². The molecule has 0 radical (unpaired) electrons. The van der Waals surface area contributed by atoms with Gasteiger partial charge in [-0.3, -0.25) is 18.8 Å². The summed E-state index contributed by atoms with van der Waals surface area (Å²) in [7, 11) is 0. The van der Waals surface area contributed by atoms with E-state index in [0.29, 0.717) is 28.2 Å². The maximum Gasteiger partial charge on any atom is 0.338 e. The van der Waals surface area contributed by atoms with Gasteiger partial charge in [-0.15, -0.1) is 0 Å². The fourth-order valence-electron chi connectivity index (χ4n) is 3.73. The molecule has 0 N–H and O–H groups in total. The second-order valence-electron chi connectivity index (χ2n) is 7.63. The van der Waals surface area contributed by atoms with Crippen molar-refractivity contribution in [3.8, 4) is 0 Å². The fourth-order valence-corrected chi connectivity index (χ4v) is 3.73. The molecule has 0 atom stereocenters. The van der Waals surface area contributed by atoms with Crippen LogP contribution in [0.15, 0.2) is 77.7 Å². The lowest BCUT2D eigenvalue weighted by atomic mass is 10.1. The van der Waals surface area contributed by atoms with Gasteiger partial charge in [0, 0.05) is 12.3 Å². The molecule has 2 aromatic carbocycles. The number of carbonyl (C=O) groups excluding carboxylic acids is 3. The Morgan fingerprint density at radius 1 is 0.909 bits per heavy atom. The average Bonchev–Trinajstić information content (AvgIpc) is 3.08. The van der Waals surface area contributed by atoms with Gasteiger partial charge in [0.15, 0.2) is 0 Å². The summed E-state index contributed by atoms with van der Waals surface area (Å²) in [6.45, 7) is 1.71. The van der Waals surface area contributed by atoms with E-state index in [4.69, 9.17) is 4.74 Å². The topological polar surface area (TPSA) is 98.0 Å². The normalized spacial score (nSPS) is 12.8. The summed E-state index contributed by atoms with van der Waals surface area (Å²) >= 11 is 0. The number of hydrogen-bond acceptors (Lipinski definition) is 6. The molecule has 0 unspecified atom stereocenters. The molecule has 2 amide bonds. The van der Waals surface area contributed by atoms with Gasteiger partial charge in [0.2, 0.25) is 0 Å². The molecule has 0 saturated carbocycles. The summed E-state index contributed by atoms with van der Waals surface area (Å²) in [4.78, 5) is 55.4. The highest BCUT2D eigenvalue weighted by atomic mass is 16.5. The summed E-state index contributed by atoms with van der Waals surface area (Å²) < 4.78 is 6.73. The third-order valence-electron chi connectivity index (χ3n) is 5.37. The molecule has 3 heterocycles. The van der Waals surface area contributed by atoms with Crippen molar-refractivity contribution in [1.82, 2.24) is 9.38 Å². The molecule has 8 heteroatoms. The third-order valence-corrected chi connectivity index (χ3v) is 5.37. The molecular weight excluding hydrogens is 422 g/mol. The molecule has 33 heavy (non-hydrogen) atoms.